The van der Waals surface area contributed by atoms with E-state index in [1.165, 1.54) is 0 Å². The SMILES string of the molecule is [CH]c1cccc([C]Br)c1. The van der Waals surface area contributed by atoms with E-state index >= 15 is 0 Å². The van der Waals surface area contributed by atoms with Gasteiger partial charge in [0.25, 0.3) is 0 Å². The molecule has 0 saturated carbocycles. The Morgan fingerprint density at radius 2 is 2.22 bits per heavy atom. The summed E-state index contributed by atoms with van der Waals surface area (Å²) in [7, 11) is 0. The minimum Gasteiger partial charge on any atom is -0.0761 e. The van der Waals surface area contributed by atoms with Gasteiger partial charge in [-0.25, -0.2) is 0 Å². The molecule has 0 fully saturated rings. The van der Waals surface area contributed by atoms with Crippen molar-refractivity contribution < 1.29 is 0 Å². The highest BCUT2D eigenvalue weighted by molar-refractivity contribution is 9.10. The van der Waals surface area contributed by atoms with E-state index in [1.54, 1.807) is 0 Å². The van der Waals surface area contributed by atoms with Gasteiger partial charge in [-0.3, -0.25) is 0 Å². The number of hydrogen-bond donors (Lipinski definition) is 0. The van der Waals surface area contributed by atoms with Crippen LogP contribution in [0.15, 0.2) is 24.3 Å². The molecule has 0 unspecified atom stereocenters. The first-order valence-corrected chi connectivity index (χ1v) is 3.34. The van der Waals surface area contributed by atoms with Crippen molar-refractivity contribution in [3.63, 3.8) is 0 Å². The Bertz CT molecular complexity index is 194. The Morgan fingerprint density at radius 3 is 2.67 bits per heavy atom. The van der Waals surface area contributed by atoms with E-state index in [2.05, 4.69) is 21.3 Å². The molecule has 44 valence electrons. The molecule has 0 saturated heterocycles. The average molecular weight is 181 g/mol. The average Bonchev–Trinajstić information content (AvgIpc) is 1.88. The van der Waals surface area contributed by atoms with Crippen LogP contribution in [0.2, 0.25) is 0 Å². The first kappa shape index (κ1) is 6.81. The number of rotatable bonds is 1. The number of hydrogen-bond acceptors (Lipinski definition) is 0. The van der Waals surface area contributed by atoms with Gasteiger partial charge in [0, 0.05) is 0 Å². The summed E-state index contributed by atoms with van der Waals surface area (Å²) >= 11 is 3.09. The van der Waals surface area contributed by atoms with Gasteiger partial charge in [0.05, 0.1) is 5.33 Å². The molecule has 0 nitrogen and oxygen atoms in total. The third-order valence-electron chi connectivity index (χ3n) is 0.996. The predicted octanol–water partition coefficient (Wildman–Crippen LogP) is 2.53. The third kappa shape index (κ3) is 1.83. The van der Waals surface area contributed by atoms with E-state index in [0.29, 0.717) is 0 Å². The molecule has 1 aromatic carbocycles. The Balaban J connectivity index is 2.94. The normalized spacial score (nSPS) is 9.56. The van der Waals surface area contributed by atoms with Gasteiger partial charge in [-0.1, -0.05) is 40.2 Å². The van der Waals surface area contributed by atoms with E-state index in [1.807, 2.05) is 24.3 Å². The highest BCUT2D eigenvalue weighted by atomic mass is 79.9. The van der Waals surface area contributed by atoms with Crippen LogP contribution in [0.5, 0.6) is 0 Å². The molecular weight excluding hydrogens is 176 g/mol. The van der Waals surface area contributed by atoms with E-state index in [4.69, 9.17) is 6.92 Å². The molecule has 0 spiro atoms. The molecule has 0 aliphatic rings. The van der Waals surface area contributed by atoms with E-state index in [-0.39, 0.29) is 0 Å². The first-order valence-electron chi connectivity index (χ1n) is 2.55. The predicted molar refractivity (Wildman–Crippen MR) is 41.1 cm³/mol. The zero-order valence-corrected chi connectivity index (χ0v) is 6.35. The van der Waals surface area contributed by atoms with Crippen LogP contribution in [0.3, 0.4) is 0 Å². The summed E-state index contributed by atoms with van der Waals surface area (Å²) in [4.78, 5) is 0. The summed E-state index contributed by atoms with van der Waals surface area (Å²) in [6.07, 6.45) is 0. The minimum absolute atomic E-state index is 0.763. The van der Waals surface area contributed by atoms with Crippen LogP contribution in [0.4, 0.5) is 0 Å². The molecule has 0 atom stereocenters. The maximum atomic E-state index is 5.47. The van der Waals surface area contributed by atoms with Crippen LogP contribution < -0.4 is 0 Å². The van der Waals surface area contributed by atoms with Crippen LogP contribution in [0.1, 0.15) is 11.1 Å². The lowest BCUT2D eigenvalue weighted by Gasteiger charge is -1.93. The zero-order chi connectivity index (χ0) is 6.69. The van der Waals surface area contributed by atoms with E-state index < -0.39 is 0 Å². The molecule has 0 aromatic heterocycles. The Labute approximate surface area is 64.0 Å². The Morgan fingerprint density at radius 1 is 1.44 bits per heavy atom. The lowest BCUT2D eigenvalue weighted by Crippen LogP contribution is -1.74. The fourth-order valence-corrected chi connectivity index (χ4v) is 0.844. The van der Waals surface area contributed by atoms with Crippen molar-refractivity contribution in [1.29, 1.82) is 0 Å². The van der Waals surface area contributed by atoms with Crippen molar-refractivity contribution in [2.75, 3.05) is 0 Å². The first-order chi connectivity index (χ1) is 4.33. The molecule has 1 aromatic rings. The molecule has 1 heteroatoms. The Hall–Kier alpha value is -0.300. The van der Waals surface area contributed by atoms with Crippen LogP contribution in [0.25, 0.3) is 0 Å². The van der Waals surface area contributed by atoms with E-state index in [0.717, 1.165) is 11.1 Å². The number of halogens is 1. The monoisotopic (exact) mass is 180 g/mol. The molecular formula is C8H5Br. The largest absolute Gasteiger partial charge is 0.0928 e. The third-order valence-corrected chi connectivity index (χ3v) is 1.45. The zero-order valence-electron chi connectivity index (χ0n) is 4.76. The van der Waals surface area contributed by atoms with Crippen molar-refractivity contribution in [2.45, 2.75) is 0 Å². The van der Waals surface area contributed by atoms with Crippen LogP contribution in [-0.2, 0) is 0 Å². The van der Waals surface area contributed by atoms with Crippen molar-refractivity contribution >= 4 is 15.9 Å². The maximum Gasteiger partial charge on any atom is 0.0928 e. The van der Waals surface area contributed by atoms with Crippen molar-refractivity contribution in [3.8, 4) is 0 Å². The molecule has 9 heavy (non-hydrogen) atoms. The van der Waals surface area contributed by atoms with Crippen molar-refractivity contribution in [3.05, 3.63) is 47.6 Å². The van der Waals surface area contributed by atoms with Gasteiger partial charge >= 0.3 is 0 Å². The van der Waals surface area contributed by atoms with Gasteiger partial charge in [-0.2, -0.15) is 0 Å². The highest BCUT2D eigenvalue weighted by Crippen LogP contribution is 2.08. The summed E-state index contributed by atoms with van der Waals surface area (Å²) in [6.45, 7) is 5.47. The standard InChI is InChI=1S/C8H5Br/c1-7-3-2-4-8(5-7)6-9/h1-5H. The van der Waals surface area contributed by atoms with E-state index in [9.17, 15) is 0 Å². The number of benzene rings is 1. The maximum absolute atomic E-state index is 5.47. The molecule has 4 radical (unpaired) electrons. The molecule has 0 aliphatic heterocycles. The van der Waals surface area contributed by atoms with Crippen LogP contribution in [0, 0.1) is 12.3 Å². The summed E-state index contributed by atoms with van der Waals surface area (Å²) < 4.78 is 0. The van der Waals surface area contributed by atoms with Crippen LogP contribution >= 0.6 is 15.9 Å². The molecule has 1 rings (SSSR count). The fourth-order valence-electron chi connectivity index (χ4n) is 0.597. The summed E-state index contributed by atoms with van der Waals surface area (Å²) in [6, 6.07) is 7.49. The summed E-state index contributed by atoms with van der Waals surface area (Å²) in [5, 5.41) is 2.80. The molecule has 0 aliphatic carbocycles. The minimum atomic E-state index is 0.763. The fraction of sp³-hybridized carbons (Fsp3) is 0. The summed E-state index contributed by atoms with van der Waals surface area (Å²) in [5.41, 5.74) is 1.73. The highest BCUT2D eigenvalue weighted by Gasteiger charge is 1.88. The van der Waals surface area contributed by atoms with Gasteiger partial charge < -0.3 is 0 Å². The van der Waals surface area contributed by atoms with Crippen molar-refractivity contribution in [2.24, 2.45) is 0 Å². The molecule has 0 heterocycles. The lowest BCUT2D eigenvalue weighted by atomic mass is 10.2. The van der Waals surface area contributed by atoms with Crippen LogP contribution in [-0.4, -0.2) is 0 Å². The van der Waals surface area contributed by atoms with Gasteiger partial charge in [0.1, 0.15) is 0 Å². The Kier molecular flexibility index (Phi) is 2.29. The smallest absolute Gasteiger partial charge is 0.0761 e. The molecule has 0 bridgehead atoms. The van der Waals surface area contributed by atoms with Gasteiger partial charge in [0.2, 0.25) is 0 Å². The lowest BCUT2D eigenvalue weighted by molar-refractivity contribution is 1.54. The quantitative estimate of drug-likeness (QED) is 0.624. The van der Waals surface area contributed by atoms with Gasteiger partial charge in [-0.05, 0) is 18.1 Å². The van der Waals surface area contributed by atoms with Gasteiger partial charge in [0.15, 0.2) is 0 Å². The second kappa shape index (κ2) is 3.02. The second-order valence-corrected chi connectivity index (χ2v) is 2.12. The molecule has 0 N–H and O–H groups in total. The van der Waals surface area contributed by atoms with Gasteiger partial charge in [-0.15, -0.1) is 0 Å². The second-order valence-electron chi connectivity index (χ2n) is 1.72. The summed E-state index contributed by atoms with van der Waals surface area (Å²) in [5.74, 6) is 0. The molecule has 0 amide bonds. The topological polar surface area (TPSA) is 0 Å². The van der Waals surface area contributed by atoms with Crippen molar-refractivity contribution in [1.82, 2.24) is 0 Å².